The van der Waals surface area contributed by atoms with E-state index in [1.165, 1.54) is 115 Å². The molecular formula is C62H49BN2. The normalized spacial score (nSPS) is 13.6. The van der Waals surface area contributed by atoms with Crippen molar-refractivity contribution in [2.24, 2.45) is 0 Å². The number of fused-ring (bicyclic) bond motifs is 6. The highest BCUT2D eigenvalue weighted by Gasteiger charge is 2.44. The zero-order valence-electron chi connectivity index (χ0n) is 37.9. The van der Waals surface area contributed by atoms with Crippen LogP contribution in [0, 0.1) is 0 Å². The highest BCUT2D eigenvalue weighted by atomic mass is 15.2. The lowest BCUT2D eigenvalue weighted by Gasteiger charge is -2.45. The number of nitrogens with zero attached hydrogens (tertiary/aromatic N) is 2. The fourth-order valence-electron chi connectivity index (χ4n) is 11.2. The molecule has 0 aliphatic carbocycles. The highest BCUT2D eigenvalue weighted by molar-refractivity contribution is 7.00. The maximum absolute atomic E-state index is 2.57. The molecule has 0 saturated carbocycles. The van der Waals surface area contributed by atoms with Crippen LogP contribution < -0.4 is 26.2 Å². The van der Waals surface area contributed by atoms with Gasteiger partial charge in [0, 0.05) is 34.1 Å². The maximum atomic E-state index is 2.57. The Labute approximate surface area is 381 Å². The molecule has 0 radical (unpaired) electrons. The van der Waals surface area contributed by atoms with Gasteiger partial charge in [0.2, 0.25) is 0 Å². The van der Waals surface area contributed by atoms with Gasteiger partial charge in [0.1, 0.15) is 0 Å². The largest absolute Gasteiger partial charge is 0.311 e. The molecule has 3 heteroatoms. The number of hydrogen-bond donors (Lipinski definition) is 0. The molecule has 13 rings (SSSR count). The van der Waals surface area contributed by atoms with Crippen molar-refractivity contribution in [2.75, 3.05) is 9.80 Å². The van der Waals surface area contributed by atoms with Gasteiger partial charge in [-0.15, -0.1) is 0 Å². The molecule has 0 amide bonds. The number of benzene rings is 11. The molecule has 0 N–H and O–H groups in total. The van der Waals surface area contributed by atoms with Crippen LogP contribution in [0.3, 0.4) is 0 Å². The van der Waals surface area contributed by atoms with Gasteiger partial charge in [0.05, 0.1) is 0 Å². The smallest absolute Gasteiger partial charge is 0.252 e. The second-order valence-corrected chi connectivity index (χ2v) is 20.6. The van der Waals surface area contributed by atoms with E-state index in [-0.39, 0.29) is 17.5 Å². The van der Waals surface area contributed by atoms with Crippen LogP contribution in [0.2, 0.25) is 0 Å². The van der Waals surface area contributed by atoms with Crippen LogP contribution in [0.25, 0.3) is 65.0 Å². The average Bonchev–Trinajstić information content (AvgIpc) is 3.31. The summed E-state index contributed by atoms with van der Waals surface area (Å²) in [5.41, 5.74) is 16.3. The summed E-state index contributed by atoms with van der Waals surface area (Å²) in [5.74, 6) is 0. The predicted molar refractivity (Wildman–Crippen MR) is 282 cm³/mol. The molecule has 0 fully saturated rings. The fourth-order valence-corrected chi connectivity index (χ4v) is 11.2. The summed E-state index contributed by atoms with van der Waals surface area (Å²) in [7, 11) is 0. The van der Waals surface area contributed by atoms with E-state index in [4.69, 9.17) is 0 Å². The minimum Gasteiger partial charge on any atom is -0.311 e. The average molecular weight is 833 g/mol. The Kier molecular flexibility index (Phi) is 7.97. The molecule has 2 aliphatic heterocycles. The first-order valence-corrected chi connectivity index (χ1v) is 23.2. The fraction of sp³-hybridized carbons (Fsp3) is 0.129. The van der Waals surface area contributed by atoms with Crippen molar-refractivity contribution in [2.45, 2.75) is 52.4 Å². The second kappa shape index (κ2) is 13.6. The number of rotatable bonds is 3. The Hall–Kier alpha value is -7.36. The Morgan fingerprint density at radius 2 is 0.692 bits per heavy atom. The van der Waals surface area contributed by atoms with Crippen molar-refractivity contribution in [1.29, 1.82) is 0 Å². The Morgan fingerprint density at radius 3 is 1.12 bits per heavy atom. The molecule has 2 aliphatic rings. The maximum Gasteiger partial charge on any atom is 0.252 e. The molecule has 0 spiro atoms. The predicted octanol–water partition coefficient (Wildman–Crippen LogP) is 15.2. The molecule has 2 heterocycles. The topological polar surface area (TPSA) is 6.48 Å². The number of hydrogen-bond acceptors (Lipinski definition) is 2. The van der Waals surface area contributed by atoms with Gasteiger partial charge in [-0.05, 0) is 164 Å². The molecular weight excluding hydrogens is 784 g/mol. The molecule has 11 aromatic carbocycles. The van der Waals surface area contributed by atoms with Crippen LogP contribution in [0.5, 0.6) is 0 Å². The van der Waals surface area contributed by atoms with E-state index in [0.717, 1.165) is 11.4 Å². The highest BCUT2D eigenvalue weighted by Crippen LogP contribution is 2.48. The first-order chi connectivity index (χ1) is 31.5. The molecule has 0 bridgehead atoms. The van der Waals surface area contributed by atoms with Crippen molar-refractivity contribution in [3.05, 3.63) is 199 Å². The number of anilines is 6. The zero-order valence-corrected chi connectivity index (χ0v) is 37.9. The monoisotopic (exact) mass is 832 g/mol. The van der Waals surface area contributed by atoms with Crippen LogP contribution in [-0.4, -0.2) is 6.71 Å². The molecule has 0 atom stereocenters. The van der Waals surface area contributed by atoms with Gasteiger partial charge in [-0.1, -0.05) is 169 Å². The third-order valence-corrected chi connectivity index (χ3v) is 14.6. The zero-order chi connectivity index (χ0) is 43.9. The first-order valence-electron chi connectivity index (χ1n) is 23.2. The van der Waals surface area contributed by atoms with E-state index >= 15 is 0 Å². The second-order valence-electron chi connectivity index (χ2n) is 20.6. The van der Waals surface area contributed by atoms with E-state index < -0.39 is 0 Å². The van der Waals surface area contributed by atoms with Gasteiger partial charge in [-0.25, -0.2) is 0 Å². The summed E-state index contributed by atoms with van der Waals surface area (Å²) in [6.07, 6.45) is 0. The summed E-state index contributed by atoms with van der Waals surface area (Å²) in [5, 5.41) is 12.8. The standard InChI is InChI=1S/C62H49BN2/c1-61(2,3)48-22-26-50(27-23-48)64-54-34-42-14-9-7-12-40(42)32-52(54)63-53-33-41-13-8-10-15-43(41)35-55(53)65(51-28-24-49(25-29-51)62(4,5)6)57-37-47(36-56(64)60(57)63)46-30-44-20-18-38-16-11-17-39-19-21-45(31-46)59(44)58(38)39/h7-37H,1-6H3. The Bertz CT molecular complexity index is 3500. The van der Waals surface area contributed by atoms with Gasteiger partial charge in [-0.2, -0.15) is 0 Å². The summed E-state index contributed by atoms with van der Waals surface area (Å²) in [6.45, 7) is 13.8. The Balaban J connectivity index is 1.16. The molecule has 0 unspecified atom stereocenters. The van der Waals surface area contributed by atoms with Crippen LogP contribution in [-0.2, 0) is 10.8 Å². The van der Waals surface area contributed by atoms with E-state index in [1.54, 1.807) is 0 Å². The quantitative estimate of drug-likeness (QED) is 0.129. The van der Waals surface area contributed by atoms with Crippen molar-refractivity contribution in [1.82, 2.24) is 0 Å². The minimum atomic E-state index is -0.00561. The summed E-state index contributed by atoms with van der Waals surface area (Å²) < 4.78 is 0. The van der Waals surface area contributed by atoms with Gasteiger partial charge in [0.25, 0.3) is 6.71 Å². The lowest BCUT2D eigenvalue weighted by Crippen LogP contribution is -2.61. The minimum absolute atomic E-state index is 0.00561. The van der Waals surface area contributed by atoms with E-state index in [9.17, 15) is 0 Å². The molecule has 0 saturated heterocycles. The molecule has 0 aromatic heterocycles. The lowest BCUT2D eigenvalue weighted by atomic mass is 9.33. The SMILES string of the molecule is CC(C)(C)c1ccc(N2c3cc4ccccc4cc3B3c4cc5ccccc5cc4N(c4ccc(C(C)(C)C)cc4)c4cc(-c5cc6ccc7cccc8ccc(c5)c6c78)cc2c43)cc1. The van der Waals surface area contributed by atoms with Gasteiger partial charge >= 0.3 is 0 Å². The van der Waals surface area contributed by atoms with Crippen LogP contribution in [0.4, 0.5) is 34.1 Å². The van der Waals surface area contributed by atoms with Crippen molar-refractivity contribution < 1.29 is 0 Å². The van der Waals surface area contributed by atoms with Crippen molar-refractivity contribution >= 4 is 111 Å². The van der Waals surface area contributed by atoms with Crippen molar-refractivity contribution in [3.63, 3.8) is 0 Å². The molecule has 2 nitrogen and oxygen atoms in total. The summed E-state index contributed by atoms with van der Waals surface area (Å²) in [4.78, 5) is 5.15. The van der Waals surface area contributed by atoms with Crippen molar-refractivity contribution in [3.8, 4) is 11.1 Å². The van der Waals surface area contributed by atoms with Gasteiger partial charge in [0.15, 0.2) is 0 Å². The van der Waals surface area contributed by atoms with Gasteiger partial charge in [-0.3, -0.25) is 0 Å². The molecule has 11 aromatic rings. The molecule has 65 heavy (non-hydrogen) atoms. The van der Waals surface area contributed by atoms with Crippen LogP contribution in [0.15, 0.2) is 188 Å². The third kappa shape index (κ3) is 5.81. The Morgan fingerprint density at radius 1 is 0.323 bits per heavy atom. The van der Waals surface area contributed by atoms with E-state index in [0.29, 0.717) is 0 Å². The first kappa shape index (κ1) is 38.1. The molecule has 310 valence electrons. The van der Waals surface area contributed by atoms with E-state index in [1.807, 2.05) is 0 Å². The van der Waals surface area contributed by atoms with Gasteiger partial charge < -0.3 is 9.80 Å². The lowest BCUT2D eigenvalue weighted by molar-refractivity contribution is 0.590. The summed E-state index contributed by atoms with van der Waals surface area (Å²) in [6, 6.07) is 72.1. The summed E-state index contributed by atoms with van der Waals surface area (Å²) >= 11 is 0. The third-order valence-electron chi connectivity index (χ3n) is 14.6. The van der Waals surface area contributed by atoms with Crippen LogP contribution >= 0.6 is 0 Å². The van der Waals surface area contributed by atoms with E-state index in [2.05, 4.69) is 239 Å². The van der Waals surface area contributed by atoms with Crippen LogP contribution in [0.1, 0.15) is 52.7 Å².